The van der Waals surface area contributed by atoms with E-state index in [0.717, 1.165) is 5.56 Å². The molecule has 0 fully saturated rings. The van der Waals surface area contributed by atoms with Gasteiger partial charge >= 0.3 is 6.03 Å². The van der Waals surface area contributed by atoms with Crippen LogP contribution in [-0.2, 0) is 6.54 Å². The minimum Gasteiger partial charge on any atom is -0.395 e. The Kier molecular flexibility index (Phi) is 5.68. The largest absolute Gasteiger partial charge is 0.395 e. The molecule has 0 spiro atoms. The van der Waals surface area contributed by atoms with Crippen LogP contribution < -0.4 is 5.32 Å². The average Bonchev–Trinajstić information content (AvgIpc) is 2.42. The molecule has 0 heterocycles. The molecule has 0 aromatic heterocycles. The second kappa shape index (κ2) is 7.30. The number of hydrogen-bond donors (Lipinski definition) is 2. The molecule has 18 heavy (non-hydrogen) atoms. The summed E-state index contributed by atoms with van der Waals surface area (Å²) < 4.78 is 0. The van der Waals surface area contributed by atoms with Crippen LogP contribution in [0.4, 0.5) is 4.79 Å². The lowest BCUT2D eigenvalue weighted by molar-refractivity contribution is 0.180. The molecule has 0 aliphatic carbocycles. The van der Waals surface area contributed by atoms with Gasteiger partial charge in [-0.15, -0.1) is 0 Å². The van der Waals surface area contributed by atoms with Crippen molar-refractivity contribution in [1.29, 1.82) is 5.26 Å². The number of amides is 2. The number of benzene rings is 1. The van der Waals surface area contributed by atoms with E-state index in [-0.39, 0.29) is 12.6 Å². The summed E-state index contributed by atoms with van der Waals surface area (Å²) in [6.45, 7) is 3.11. The molecule has 0 aliphatic heterocycles. The number of aliphatic hydroxyl groups is 1. The van der Waals surface area contributed by atoms with E-state index in [4.69, 9.17) is 10.4 Å². The molecule has 0 bridgehead atoms. The van der Waals surface area contributed by atoms with Crippen LogP contribution in [0.2, 0.25) is 0 Å². The van der Waals surface area contributed by atoms with Gasteiger partial charge in [0.15, 0.2) is 0 Å². The number of nitrogens with zero attached hydrogens (tertiary/aromatic N) is 2. The highest BCUT2D eigenvalue weighted by Gasteiger charge is 2.09. The third-order valence-corrected chi connectivity index (χ3v) is 2.57. The molecule has 5 heteroatoms. The summed E-state index contributed by atoms with van der Waals surface area (Å²) in [6.07, 6.45) is 0. The van der Waals surface area contributed by atoms with E-state index >= 15 is 0 Å². The first-order valence-corrected chi connectivity index (χ1v) is 5.84. The molecular formula is C13H17N3O2. The Labute approximate surface area is 107 Å². The summed E-state index contributed by atoms with van der Waals surface area (Å²) in [7, 11) is 0. The van der Waals surface area contributed by atoms with Crippen molar-refractivity contribution in [3.63, 3.8) is 0 Å². The van der Waals surface area contributed by atoms with Crippen LogP contribution in [0.1, 0.15) is 18.1 Å². The van der Waals surface area contributed by atoms with Crippen molar-refractivity contribution in [2.24, 2.45) is 0 Å². The van der Waals surface area contributed by atoms with Crippen molar-refractivity contribution in [1.82, 2.24) is 10.2 Å². The van der Waals surface area contributed by atoms with E-state index in [2.05, 4.69) is 5.32 Å². The number of nitrogens with one attached hydrogen (secondary N) is 1. The Morgan fingerprint density at radius 3 is 2.61 bits per heavy atom. The molecule has 1 aromatic carbocycles. The summed E-state index contributed by atoms with van der Waals surface area (Å²) in [5.41, 5.74) is 1.53. The Balaban J connectivity index is 2.48. The van der Waals surface area contributed by atoms with Gasteiger partial charge in [-0.1, -0.05) is 12.1 Å². The molecule has 5 nitrogen and oxygen atoms in total. The molecular weight excluding hydrogens is 230 g/mol. The van der Waals surface area contributed by atoms with E-state index in [1.807, 2.05) is 13.0 Å². The summed E-state index contributed by atoms with van der Waals surface area (Å²) in [6, 6.07) is 8.89. The van der Waals surface area contributed by atoms with Gasteiger partial charge in [-0.3, -0.25) is 0 Å². The van der Waals surface area contributed by atoms with Gasteiger partial charge in [0.1, 0.15) is 0 Å². The predicted molar refractivity (Wildman–Crippen MR) is 67.7 cm³/mol. The van der Waals surface area contributed by atoms with Crippen LogP contribution in [0.15, 0.2) is 24.3 Å². The first-order valence-electron chi connectivity index (χ1n) is 5.84. The zero-order chi connectivity index (χ0) is 13.4. The standard InChI is InChI=1S/C13H17N3O2/c1-2-16(7-8-17)13(18)15-10-12-5-3-11(9-14)4-6-12/h3-6,17H,2,7-8,10H2,1H3,(H,15,18). The molecule has 0 aliphatic rings. The highest BCUT2D eigenvalue weighted by molar-refractivity contribution is 5.74. The lowest BCUT2D eigenvalue weighted by Gasteiger charge is -2.20. The van der Waals surface area contributed by atoms with E-state index < -0.39 is 0 Å². The fraction of sp³-hybridized carbons (Fsp3) is 0.385. The number of hydrogen-bond acceptors (Lipinski definition) is 3. The molecule has 0 atom stereocenters. The first-order chi connectivity index (χ1) is 8.71. The van der Waals surface area contributed by atoms with E-state index in [1.165, 1.54) is 4.90 Å². The quantitative estimate of drug-likeness (QED) is 0.817. The number of carbonyl (C=O) groups is 1. The van der Waals surface area contributed by atoms with Gasteiger partial charge in [0.25, 0.3) is 0 Å². The third-order valence-electron chi connectivity index (χ3n) is 2.57. The van der Waals surface area contributed by atoms with Crippen molar-refractivity contribution in [2.75, 3.05) is 19.7 Å². The number of nitriles is 1. The van der Waals surface area contributed by atoms with Crippen molar-refractivity contribution >= 4 is 6.03 Å². The second-order valence-electron chi connectivity index (χ2n) is 3.77. The zero-order valence-electron chi connectivity index (χ0n) is 10.4. The number of carbonyl (C=O) groups excluding carboxylic acids is 1. The highest BCUT2D eigenvalue weighted by Crippen LogP contribution is 2.03. The normalized spacial score (nSPS) is 9.61. The van der Waals surface area contributed by atoms with Gasteiger partial charge in [0.05, 0.1) is 18.2 Å². The van der Waals surface area contributed by atoms with Gasteiger partial charge in [-0.2, -0.15) is 5.26 Å². The molecule has 0 radical (unpaired) electrons. The van der Waals surface area contributed by atoms with Gasteiger partial charge in [0, 0.05) is 19.6 Å². The maximum atomic E-state index is 11.7. The van der Waals surface area contributed by atoms with Crippen LogP contribution >= 0.6 is 0 Å². The molecule has 0 saturated carbocycles. The minimum absolute atomic E-state index is 0.0435. The van der Waals surface area contributed by atoms with E-state index in [0.29, 0.717) is 25.2 Å². The SMILES string of the molecule is CCN(CCO)C(=O)NCc1ccc(C#N)cc1. The lowest BCUT2D eigenvalue weighted by Crippen LogP contribution is -2.41. The number of urea groups is 1. The van der Waals surface area contributed by atoms with Crippen LogP contribution in [-0.4, -0.2) is 35.7 Å². The highest BCUT2D eigenvalue weighted by atomic mass is 16.3. The summed E-state index contributed by atoms with van der Waals surface area (Å²) in [5.74, 6) is 0. The first kappa shape index (κ1) is 14.0. The minimum atomic E-state index is -0.198. The Morgan fingerprint density at radius 1 is 1.44 bits per heavy atom. The molecule has 2 amide bonds. The lowest BCUT2D eigenvalue weighted by atomic mass is 10.1. The van der Waals surface area contributed by atoms with Gasteiger partial charge in [-0.05, 0) is 24.6 Å². The third kappa shape index (κ3) is 4.07. The Morgan fingerprint density at radius 2 is 2.11 bits per heavy atom. The topological polar surface area (TPSA) is 76.4 Å². The summed E-state index contributed by atoms with van der Waals surface area (Å²) in [4.78, 5) is 13.2. The predicted octanol–water partition coefficient (Wildman–Crippen LogP) is 1.08. The van der Waals surface area contributed by atoms with Gasteiger partial charge in [-0.25, -0.2) is 4.79 Å². The molecule has 0 unspecified atom stereocenters. The van der Waals surface area contributed by atoms with Crippen LogP contribution in [0.5, 0.6) is 0 Å². The maximum absolute atomic E-state index is 11.7. The van der Waals surface area contributed by atoms with Crippen LogP contribution in [0.25, 0.3) is 0 Å². The summed E-state index contributed by atoms with van der Waals surface area (Å²) >= 11 is 0. The average molecular weight is 247 g/mol. The fourth-order valence-corrected chi connectivity index (χ4v) is 1.51. The Hall–Kier alpha value is -2.06. The van der Waals surface area contributed by atoms with Crippen molar-refractivity contribution < 1.29 is 9.90 Å². The molecule has 2 N–H and O–H groups in total. The number of rotatable bonds is 5. The van der Waals surface area contributed by atoms with E-state index in [9.17, 15) is 4.79 Å². The van der Waals surface area contributed by atoms with E-state index in [1.54, 1.807) is 24.3 Å². The van der Waals surface area contributed by atoms with Crippen molar-refractivity contribution in [2.45, 2.75) is 13.5 Å². The zero-order valence-corrected chi connectivity index (χ0v) is 10.4. The van der Waals surface area contributed by atoms with Gasteiger partial charge in [0.2, 0.25) is 0 Å². The smallest absolute Gasteiger partial charge is 0.317 e. The second-order valence-corrected chi connectivity index (χ2v) is 3.77. The Bertz CT molecular complexity index is 423. The number of likely N-dealkylation sites (N-methyl/N-ethyl adjacent to an activating group) is 1. The van der Waals surface area contributed by atoms with Crippen LogP contribution in [0.3, 0.4) is 0 Å². The molecule has 1 rings (SSSR count). The molecule has 0 saturated heterocycles. The summed E-state index contributed by atoms with van der Waals surface area (Å²) in [5, 5.41) is 20.2. The van der Waals surface area contributed by atoms with Gasteiger partial charge < -0.3 is 15.3 Å². The number of aliphatic hydroxyl groups excluding tert-OH is 1. The molecule has 96 valence electrons. The maximum Gasteiger partial charge on any atom is 0.317 e. The van der Waals surface area contributed by atoms with Crippen LogP contribution in [0, 0.1) is 11.3 Å². The van der Waals surface area contributed by atoms with Crippen molar-refractivity contribution in [3.8, 4) is 6.07 Å². The molecule has 1 aromatic rings. The fourth-order valence-electron chi connectivity index (χ4n) is 1.51. The monoisotopic (exact) mass is 247 g/mol. The van der Waals surface area contributed by atoms with Crippen molar-refractivity contribution in [3.05, 3.63) is 35.4 Å².